The quantitative estimate of drug-likeness (QED) is 0.166. The zero-order valence-electron chi connectivity index (χ0n) is 43.8. The molecule has 0 unspecified atom stereocenters. The van der Waals surface area contributed by atoms with Crippen LogP contribution >= 0.6 is 0 Å². The number of phenolic OH excluding ortho intramolecular Hbond substituents is 1. The third-order valence-electron chi connectivity index (χ3n) is 12.9. The maximum Gasteiger partial charge on any atom is 0.149 e. The molecule has 0 aliphatic rings. The molecular weight excluding hydrogens is 803 g/mol. The van der Waals surface area contributed by atoms with Crippen LogP contribution in [0.2, 0.25) is 0 Å². The fourth-order valence-corrected chi connectivity index (χ4v) is 9.03. The molecule has 4 heteroatoms. The maximum atomic E-state index is 12.0. The Hall–Kier alpha value is -7.04. The van der Waals surface area contributed by atoms with Crippen LogP contribution in [0.4, 0.5) is 0 Å². The van der Waals surface area contributed by atoms with E-state index in [1.807, 2.05) is 123 Å². The summed E-state index contributed by atoms with van der Waals surface area (Å²) in [4.78, 5) is 10.4. The van der Waals surface area contributed by atoms with Crippen LogP contribution in [-0.4, -0.2) is 19.6 Å². The Balaban J connectivity index is 1.32. The Bertz CT molecular complexity index is 3420. The first-order chi connectivity index (χ1) is 33.0. The number of phenols is 1. The third-order valence-corrected chi connectivity index (χ3v) is 12.9. The number of imidazole rings is 1. The van der Waals surface area contributed by atoms with Gasteiger partial charge in [0.15, 0.2) is 0 Å². The zero-order chi connectivity index (χ0) is 50.1. The molecular formula is C62H61N3O. The van der Waals surface area contributed by atoms with Crippen LogP contribution in [0.15, 0.2) is 158 Å². The Morgan fingerprint density at radius 3 is 1.92 bits per heavy atom. The number of pyridine rings is 1. The van der Waals surface area contributed by atoms with Gasteiger partial charge in [0, 0.05) is 28.4 Å². The average Bonchev–Trinajstić information content (AvgIpc) is 3.71. The van der Waals surface area contributed by atoms with E-state index < -0.39 is 12.7 Å². The first kappa shape index (κ1) is 39.3. The summed E-state index contributed by atoms with van der Waals surface area (Å²) >= 11 is 0. The van der Waals surface area contributed by atoms with Crippen molar-refractivity contribution in [2.75, 3.05) is 0 Å². The van der Waals surface area contributed by atoms with E-state index in [0.29, 0.717) is 33.7 Å². The van der Waals surface area contributed by atoms with Crippen molar-refractivity contribution in [2.45, 2.75) is 92.8 Å². The van der Waals surface area contributed by atoms with Gasteiger partial charge in [-0.1, -0.05) is 159 Å². The number of aromatic hydroxyl groups is 1. The van der Waals surface area contributed by atoms with Crippen LogP contribution in [-0.2, 0) is 10.8 Å². The summed E-state index contributed by atoms with van der Waals surface area (Å²) < 4.78 is 37.7. The summed E-state index contributed by atoms with van der Waals surface area (Å²) in [5.41, 5.74) is 16.3. The van der Waals surface area contributed by atoms with Crippen molar-refractivity contribution in [3.8, 4) is 78.6 Å². The first-order valence-corrected chi connectivity index (χ1v) is 22.9. The Morgan fingerprint density at radius 1 is 0.561 bits per heavy atom. The molecule has 0 atom stereocenters. The highest BCUT2D eigenvalue weighted by atomic mass is 16.3. The van der Waals surface area contributed by atoms with E-state index in [1.54, 1.807) is 0 Å². The average molecular weight is 868 g/mol. The number of rotatable bonds is 8. The van der Waals surface area contributed by atoms with Crippen molar-refractivity contribution in [3.05, 3.63) is 191 Å². The Labute approximate surface area is 397 Å². The summed E-state index contributed by atoms with van der Waals surface area (Å²) in [5.74, 6) is -0.0962. The van der Waals surface area contributed by atoms with Crippen LogP contribution in [0.1, 0.15) is 100 Å². The number of fused-ring (bicyclic) bond motifs is 1. The number of para-hydroxylation sites is 1. The molecule has 0 amide bonds. The van der Waals surface area contributed by atoms with Crippen molar-refractivity contribution in [3.63, 3.8) is 0 Å². The number of hydrogen-bond acceptors (Lipinski definition) is 3. The molecule has 0 radical (unpaired) electrons. The minimum absolute atomic E-state index is 0.0754. The third kappa shape index (κ3) is 8.49. The number of aromatic nitrogens is 3. The molecule has 9 aromatic rings. The summed E-state index contributed by atoms with van der Waals surface area (Å²) in [5, 5.41) is 12.0. The minimum atomic E-state index is -2.48. The molecule has 330 valence electrons. The normalized spacial score (nSPS) is 13.3. The molecule has 2 heterocycles. The van der Waals surface area contributed by atoms with E-state index >= 15 is 0 Å². The summed E-state index contributed by atoms with van der Waals surface area (Å²) in [6, 6.07) is 51.2. The van der Waals surface area contributed by atoms with Gasteiger partial charge >= 0.3 is 0 Å². The van der Waals surface area contributed by atoms with Crippen molar-refractivity contribution in [1.82, 2.24) is 14.5 Å². The summed E-state index contributed by atoms with van der Waals surface area (Å²) in [7, 11) is 0. The maximum absolute atomic E-state index is 12.0. The molecule has 9 rings (SSSR count). The summed E-state index contributed by atoms with van der Waals surface area (Å²) in [6.45, 7) is 18.4. The predicted octanol–water partition coefficient (Wildman–Crippen LogP) is 16.8. The monoisotopic (exact) mass is 868 g/mol. The Kier molecular flexibility index (Phi) is 10.2. The van der Waals surface area contributed by atoms with Gasteiger partial charge in [0.25, 0.3) is 0 Å². The van der Waals surface area contributed by atoms with Gasteiger partial charge in [-0.2, -0.15) is 0 Å². The lowest BCUT2D eigenvalue weighted by atomic mass is 9.83. The van der Waals surface area contributed by atoms with Crippen LogP contribution in [0.5, 0.6) is 5.75 Å². The molecule has 0 saturated heterocycles. The second-order valence-electron chi connectivity index (χ2n) is 20.1. The predicted molar refractivity (Wildman–Crippen MR) is 279 cm³/mol. The van der Waals surface area contributed by atoms with Crippen LogP contribution in [0.3, 0.4) is 0 Å². The van der Waals surface area contributed by atoms with Crippen LogP contribution in [0, 0.1) is 20.7 Å². The fraction of sp³-hybridized carbons (Fsp3) is 0.226. The molecule has 0 spiro atoms. The topological polar surface area (TPSA) is 50.9 Å². The van der Waals surface area contributed by atoms with E-state index in [-0.39, 0.29) is 22.1 Å². The van der Waals surface area contributed by atoms with Crippen molar-refractivity contribution >= 4 is 11.0 Å². The van der Waals surface area contributed by atoms with Gasteiger partial charge in [-0.3, -0.25) is 9.55 Å². The van der Waals surface area contributed by atoms with Gasteiger partial charge in [-0.25, -0.2) is 4.98 Å². The van der Waals surface area contributed by atoms with Crippen molar-refractivity contribution in [2.24, 2.45) is 0 Å². The van der Waals surface area contributed by atoms with Crippen LogP contribution < -0.4 is 0 Å². The lowest BCUT2D eigenvalue weighted by Gasteiger charge is -2.22. The van der Waals surface area contributed by atoms with Gasteiger partial charge in [0.1, 0.15) is 11.6 Å². The lowest BCUT2D eigenvalue weighted by Crippen LogP contribution is -2.11. The fourth-order valence-electron chi connectivity index (χ4n) is 9.03. The molecule has 0 aliphatic carbocycles. The minimum Gasteiger partial charge on any atom is -0.507 e. The largest absolute Gasteiger partial charge is 0.507 e. The molecule has 1 N–H and O–H groups in total. The Morgan fingerprint density at radius 2 is 1.24 bits per heavy atom. The van der Waals surface area contributed by atoms with E-state index in [9.17, 15) is 5.11 Å². The van der Waals surface area contributed by atoms with E-state index in [0.717, 1.165) is 78.0 Å². The highest BCUT2D eigenvalue weighted by molar-refractivity contribution is 5.98. The van der Waals surface area contributed by atoms with Crippen molar-refractivity contribution < 1.29 is 10.6 Å². The van der Waals surface area contributed by atoms with E-state index in [2.05, 4.69) is 108 Å². The lowest BCUT2D eigenvalue weighted by molar-refractivity contribution is 0.472. The molecule has 0 aliphatic heterocycles. The number of aryl methyl sites for hydroxylation is 3. The molecule has 0 bridgehead atoms. The molecule has 0 fully saturated rings. The molecule has 4 nitrogen and oxygen atoms in total. The van der Waals surface area contributed by atoms with Gasteiger partial charge in [-0.15, -0.1) is 0 Å². The number of benzene rings is 7. The molecule has 2 aromatic heterocycles. The van der Waals surface area contributed by atoms with Crippen LogP contribution in [0.25, 0.3) is 83.9 Å². The second kappa shape index (κ2) is 17.1. The smallest absolute Gasteiger partial charge is 0.149 e. The zero-order valence-corrected chi connectivity index (χ0v) is 39.8. The van der Waals surface area contributed by atoms with E-state index in [1.165, 1.54) is 0 Å². The standard InChI is InChI=1S/C62H61N3O/c1-38(2)42-20-22-43(23-21-42)46-28-29-63-55(36-46)48-33-47(34-50(35-48)62(9,10)11)51-18-15-19-56-58(51)64-60(54-31-39(3)30-41(5)59(54)66)65(56)57-32-40(4)52(37-53(57)44-16-13-12-14-17-44)45-24-26-49(27-25-45)61(6,7)8/h12-38,66H,1-11H3/i4D3,38D. The molecule has 0 saturated carbocycles. The van der Waals surface area contributed by atoms with Gasteiger partial charge in [0.05, 0.1) is 28.0 Å². The van der Waals surface area contributed by atoms with Gasteiger partial charge in [-0.05, 0) is 153 Å². The molecule has 7 aromatic carbocycles. The first-order valence-electron chi connectivity index (χ1n) is 24.9. The highest BCUT2D eigenvalue weighted by Crippen LogP contribution is 2.44. The highest BCUT2D eigenvalue weighted by Gasteiger charge is 2.25. The summed E-state index contributed by atoms with van der Waals surface area (Å²) in [6.07, 6.45) is 1.85. The van der Waals surface area contributed by atoms with Crippen molar-refractivity contribution in [1.29, 1.82) is 0 Å². The number of nitrogens with zero attached hydrogens (tertiary/aromatic N) is 3. The van der Waals surface area contributed by atoms with Gasteiger partial charge < -0.3 is 5.11 Å². The molecule has 66 heavy (non-hydrogen) atoms. The van der Waals surface area contributed by atoms with E-state index in [4.69, 9.17) is 15.5 Å². The van der Waals surface area contributed by atoms with Gasteiger partial charge in [0.2, 0.25) is 0 Å². The SMILES string of the molecule is [2H]C([2H])([2H])c1cc(-n2c(-c3cc(C)cc(C)c3O)nc3c(-c4cc(-c5cc(-c6ccc(C([2H])(C)C)cc6)ccn5)cc(C(C)(C)C)c4)cccc32)c(-c2ccccc2)cc1-c1ccc(C(C)(C)C)cc1. The second-order valence-corrected chi connectivity index (χ2v) is 20.1. The number of hydrogen-bond donors (Lipinski definition) is 1.